The second-order valence-corrected chi connectivity index (χ2v) is 5.65. The highest BCUT2D eigenvalue weighted by Crippen LogP contribution is 2.26. The lowest BCUT2D eigenvalue weighted by atomic mass is 10.2. The lowest BCUT2D eigenvalue weighted by Gasteiger charge is -2.01. The summed E-state index contributed by atoms with van der Waals surface area (Å²) >= 11 is 5.88. The summed E-state index contributed by atoms with van der Waals surface area (Å²) in [5.41, 5.74) is 1.60. The number of carbonyl (C=O) groups excluding carboxylic acids is 1. The second kappa shape index (κ2) is 5.31. The summed E-state index contributed by atoms with van der Waals surface area (Å²) < 4.78 is 28.1. The Bertz CT molecular complexity index is 1100. The molecule has 0 aliphatic rings. The summed E-state index contributed by atoms with van der Waals surface area (Å²) in [5, 5.41) is 7.64. The number of rotatable bonds is 2. The molecule has 3 heterocycles. The van der Waals surface area contributed by atoms with Gasteiger partial charge in [-0.15, -0.1) is 0 Å². The monoisotopic (exact) mass is 346 g/mol. The van der Waals surface area contributed by atoms with E-state index in [2.05, 4.69) is 15.4 Å². The van der Waals surface area contributed by atoms with Crippen LogP contribution in [0.5, 0.6) is 0 Å². The number of carbonyl (C=O) groups is 1. The van der Waals surface area contributed by atoms with E-state index in [1.54, 1.807) is 24.4 Å². The van der Waals surface area contributed by atoms with Gasteiger partial charge in [-0.25, -0.2) is 13.3 Å². The fourth-order valence-corrected chi connectivity index (χ4v) is 2.63. The van der Waals surface area contributed by atoms with Gasteiger partial charge in [-0.2, -0.15) is 5.10 Å². The van der Waals surface area contributed by atoms with Crippen LogP contribution in [0.2, 0.25) is 5.02 Å². The Morgan fingerprint density at radius 3 is 2.83 bits per heavy atom. The molecule has 0 atom stereocenters. The lowest BCUT2D eigenvalue weighted by molar-refractivity contribution is 0.102. The Kier molecular flexibility index (Phi) is 3.24. The first kappa shape index (κ1) is 14.6. The van der Waals surface area contributed by atoms with Crippen LogP contribution in [0.4, 0.5) is 14.5 Å². The summed E-state index contributed by atoms with van der Waals surface area (Å²) in [4.78, 5) is 15.1. The number of hydrogen-bond acceptors (Lipinski definition) is 2. The van der Waals surface area contributed by atoms with Crippen LogP contribution in [0.3, 0.4) is 0 Å². The van der Waals surface area contributed by atoms with Crippen LogP contribution in [-0.4, -0.2) is 20.5 Å². The predicted octanol–water partition coefficient (Wildman–Crippen LogP) is 4.00. The van der Waals surface area contributed by atoms with Crippen molar-refractivity contribution in [2.24, 2.45) is 0 Å². The summed E-state index contributed by atoms with van der Waals surface area (Å²) in [5.74, 6) is -2.42. The first-order valence-corrected chi connectivity index (χ1v) is 7.31. The number of fused-ring (bicyclic) bond motifs is 2. The minimum Gasteiger partial charge on any atom is -0.359 e. The molecule has 1 aromatic carbocycles. The highest BCUT2D eigenvalue weighted by molar-refractivity contribution is 6.30. The zero-order valence-electron chi connectivity index (χ0n) is 12.0. The molecule has 2 N–H and O–H groups in total. The van der Waals surface area contributed by atoms with E-state index in [1.807, 2.05) is 0 Å². The average Bonchev–Trinajstić information content (AvgIpc) is 3.12. The molecule has 0 spiro atoms. The van der Waals surface area contributed by atoms with Crippen molar-refractivity contribution >= 4 is 39.6 Å². The summed E-state index contributed by atoms with van der Waals surface area (Å²) in [6.45, 7) is 0. The Balaban J connectivity index is 1.69. The quantitative estimate of drug-likeness (QED) is 0.576. The minimum atomic E-state index is -0.986. The number of nitrogens with zero attached hydrogens (tertiary/aromatic N) is 2. The van der Waals surface area contributed by atoms with E-state index in [1.165, 1.54) is 10.7 Å². The van der Waals surface area contributed by atoms with Crippen molar-refractivity contribution in [2.45, 2.75) is 0 Å². The third kappa shape index (κ3) is 2.39. The van der Waals surface area contributed by atoms with Crippen molar-refractivity contribution in [1.29, 1.82) is 0 Å². The van der Waals surface area contributed by atoms with Crippen LogP contribution in [0.15, 0.2) is 42.7 Å². The maximum Gasteiger partial charge on any atom is 0.276 e. The van der Waals surface area contributed by atoms with Crippen molar-refractivity contribution < 1.29 is 13.6 Å². The van der Waals surface area contributed by atoms with Gasteiger partial charge in [0.05, 0.1) is 21.7 Å². The molecule has 3 aromatic heterocycles. The topological polar surface area (TPSA) is 62.2 Å². The number of amides is 1. The molecule has 120 valence electrons. The largest absolute Gasteiger partial charge is 0.359 e. The van der Waals surface area contributed by atoms with E-state index in [9.17, 15) is 13.6 Å². The van der Waals surface area contributed by atoms with Crippen molar-refractivity contribution in [2.75, 3.05) is 5.32 Å². The minimum absolute atomic E-state index is 0.175. The van der Waals surface area contributed by atoms with Gasteiger partial charge >= 0.3 is 0 Å². The molecule has 0 saturated carbocycles. The lowest BCUT2D eigenvalue weighted by Crippen LogP contribution is -2.12. The molecule has 0 aliphatic carbocycles. The number of anilines is 1. The standard InChI is InChI=1S/C16H9ClF2N4O/c17-8-1-2-9-3-14(22-23(9)7-8)16(24)21-15-6-20-13-5-12(19)11(18)4-10(13)15/h1-7,20H,(H,21,24). The maximum absolute atomic E-state index is 13.4. The van der Waals surface area contributed by atoms with Gasteiger partial charge in [-0.1, -0.05) is 11.6 Å². The van der Waals surface area contributed by atoms with Gasteiger partial charge in [-0.3, -0.25) is 4.79 Å². The third-order valence-corrected chi connectivity index (χ3v) is 3.85. The first-order valence-electron chi connectivity index (χ1n) is 6.94. The number of halogens is 3. The van der Waals surface area contributed by atoms with Crippen molar-refractivity contribution in [3.05, 3.63) is 65.1 Å². The summed E-state index contributed by atoms with van der Waals surface area (Å²) in [6, 6.07) is 7.08. The normalized spacial score (nSPS) is 11.3. The molecule has 5 nitrogen and oxygen atoms in total. The highest BCUT2D eigenvalue weighted by atomic mass is 35.5. The number of aromatic nitrogens is 3. The molecule has 0 bridgehead atoms. The highest BCUT2D eigenvalue weighted by Gasteiger charge is 2.15. The van der Waals surface area contributed by atoms with Gasteiger partial charge in [0.15, 0.2) is 17.3 Å². The van der Waals surface area contributed by atoms with Crippen LogP contribution in [0.25, 0.3) is 16.4 Å². The third-order valence-electron chi connectivity index (χ3n) is 3.63. The molecule has 8 heteroatoms. The number of H-pyrrole nitrogens is 1. The van der Waals surface area contributed by atoms with Crippen LogP contribution >= 0.6 is 11.6 Å². The Labute approximate surface area is 138 Å². The molecule has 0 fully saturated rings. The van der Waals surface area contributed by atoms with Gasteiger partial charge in [0.1, 0.15) is 0 Å². The van der Waals surface area contributed by atoms with E-state index < -0.39 is 17.5 Å². The summed E-state index contributed by atoms with van der Waals surface area (Å²) in [7, 11) is 0. The summed E-state index contributed by atoms with van der Waals surface area (Å²) in [6.07, 6.45) is 3.05. The zero-order chi connectivity index (χ0) is 16.8. The molecule has 1 amide bonds. The predicted molar refractivity (Wildman–Crippen MR) is 86.4 cm³/mol. The molecule has 0 radical (unpaired) electrons. The first-order chi connectivity index (χ1) is 11.5. The fourth-order valence-electron chi connectivity index (χ4n) is 2.48. The maximum atomic E-state index is 13.4. The van der Waals surface area contributed by atoms with Crippen LogP contribution in [0, 0.1) is 11.6 Å². The molecular formula is C16H9ClF2N4O. The number of benzene rings is 1. The molecule has 4 aromatic rings. The average molecular weight is 347 g/mol. The van der Waals surface area contributed by atoms with E-state index in [0.717, 1.165) is 12.1 Å². The number of nitrogens with one attached hydrogen (secondary N) is 2. The van der Waals surface area contributed by atoms with E-state index in [4.69, 9.17) is 11.6 Å². The molecule has 0 saturated heterocycles. The molecule has 4 rings (SSSR count). The SMILES string of the molecule is O=C(Nc1c[nH]c2cc(F)c(F)cc12)c1cc2ccc(Cl)cn2n1. The van der Waals surface area contributed by atoms with Crippen LogP contribution in [-0.2, 0) is 0 Å². The zero-order valence-corrected chi connectivity index (χ0v) is 12.7. The molecule has 0 aliphatic heterocycles. The van der Waals surface area contributed by atoms with E-state index in [-0.39, 0.29) is 5.69 Å². The fraction of sp³-hybridized carbons (Fsp3) is 0. The Hall–Kier alpha value is -2.93. The molecule has 0 unspecified atom stereocenters. The number of hydrogen-bond donors (Lipinski definition) is 2. The van der Waals surface area contributed by atoms with Gasteiger partial charge < -0.3 is 10.3 Å². The number of aromatic amines is 1. The van der Waals surface area contributed by atoms with Gasteiger partial charge in [0.2, 0.25) is 0 Å². The molecular weight excluding hydrogens is 338 g/mol. The number of pyridine rings is 1. The van der Waals surface area contributed by atoms with Crippen LogP contribution < -0.4 is 5.32 Å². The van der Waals surface area contributed by atoms with E-state index >= 15 is 0 Å². The second-order valence-electron chi connectivity index (χ2n) is 5.21. The van der Waals surface area contributed by atoms with Crippen LogP contribution in [0.1, 0.15) is 10.5 Å². The van der Waals surface area contributed by atoms with E-state index in [0.29, 0.717) is 27.1 Å². The Morgan fingerprint density at radius 2 is 2.00 bits per heavy atom. The molecule has 24 heavy (non-hydrogen) atoms. The van der Waals surface area contributed by atoms with Gasteiger partial charge in [-0.05, 0) is 24.3 Å². The van der Waals surface area contributed by atoms with Crippen molar-refractivity contribution in [1.82, 2.24) is 14.6 Å². The van der Waals surface area contributed by atoms with Crippen molar-refractivity contribution in [3.8, 4) is 0 Å². The Morgan fingerprint density at radius 1 is 1.21 bits per heavy atom. The van der Waals surface area contributed by atoms with Gasteiger partial charge in [0.25, 0.3) is 5.91 Å². The van der Waals surface area contributed by atoms with Crippen molar-refractivity contribution in [3.63, 3.8) is 0 Å². The van der Waals surface area contributed by atoms with Gasteiger partial charge in [0, 0.05) is 23.8 Å². The smallest absolute Gasteiger partial charge is 0.276 e.